The molecule has 0 saturated heterocycles. The molecule has 0 aliphatic rings. The third-order valence-corrected chi connectivity index (χ3v) is 4.10. The van der Waals surface area contributed by atoms with Crippen LogP contribution in [0.5, 0.6) is 5.75 Å². The zero-order valence-electron chi connectivity index (χ0n) is 12.5. The highest BCUT2D eigenvalue weighted by Gasteiger charge is 2.22. The van der Waals surface area contributed by atoms with Crippen molar-refractivity contribution in [2.75, 3.05) is 12.4 Å². The highest BCUT2D eigenvalue weighted by Crippen LogP contribution is 2.33. The van der Waals surface area contributed by atoms with Gasteiger partial charge in [-0.25, -0.2) is 4.98 Å². The van der Waals surface area contributed by atoms with Crippen LogP contribution in [0.2, 0.25) is 0 Å². The first-order valence-electron chi connectivity index (χ1n) is 6.82. The van der Waals surface area contributed by atoms with Gasteiger partial charge in [0.25, 0.3) is 0 Å². The SMILES string of the molecule is COc1cc(F)c([N+](=O)[O-])c(NCc2csc(-c3ccco3)n2)c1. The smallest absolute Gasteiger partial charge is 0.327 e. The first kappa shape index (κ1) is 15.9. The van der Waals surface area contributed by atoms with E-state index in [-0.39, 0.29) is 18.0 Å². The van der Waals surface area contributed by atoms with Gasteiger partial charge in [-0.1, -0.05) is 0 Å². The van der Waals surface area contributed by atoms with Crippen LogP contribution in [0.3, 0.4) is 0 Å². The summed E-state index contributed by atoms with van der Waals surface area (Å²) in [6, 6.07) is 5.90. The molecule has 0 spiro atoms. The summed E-state index contributed by atoms with van der Waals surface area (Å²) in [5.74, 6) is -0.129. The third-order valence-electron chi connectivity index (χ3n) is 3.20. The van der Waals surface area contributed by atoms with E-state index in [4.69, 9.17) is 9.15 Å². The molecule has 0 aliphatic carbocycles. The number of thiazole rings is 1. The average Bonchev–Trinajstić information content (AvgIpc) is 3.22. The minimum absolute atomic E-state index is 0.0319. The number of nitrogens with zero attached hydrogens (tertiary/aromatic N) is 2. The van der Waals surface area contributed by atoms with Crippen LogP contribution in [0.4, 0.5) is 15.8 Å². The summed E-state index contributed by atoms with van der Waals surface area (Å²) < 4.78 is 24.1. The van der Waals surface area contributed by atoms with Crippen molar-refractivity contribution < 1.29 is 18.5 Å². The molecule has 0 fully saturated rings. The number of aromatic nitrogens is 1. The van der Waals surface area contributed by atoms with Crippen LogP contribution in [-0.4, -0.2) is 17.0 Å². The second-order valence-electron chi connectivity index (χ2n) is 4.74. The number of nitro groups is 1. The topological polar surface area (TPSA) is 90.4 Å². The fraction of sp³-hybridized carbons (Fsp3) is 0.133. The zero-order chi connectivity index (χ0) is 17.1. The molecule has 0 atom stereocenters. The standard InChI is InChI=1S/C15H12FN3O4S/c1-22-10-5-11(16)14(19(20)21)12(6-10)17-7-9-8-24-15(18-9)13-3-2-4-23-13/h2-6,8,17H,7H2,1H3. The summed E-state index contributed by atoms with van der Waals surface area (Å²) >= 11 is 1.39. The van der Waals surface area contributed by atoms with Gasteiger partial charge in [0.2, 0.25) is 5.82 Å². The monoisotopic (exact) mass is 349 g/mol. The van der Waals surface area contributed by atoms with E-state index in [1.165, 1.54) is 24.5 Å². The molecule has 124 valence electrons. The summed E-state index contributed by atoms with van der Waals surface area (Å²) in [6.07, 6.45) is 1.55. The fourth-order valence-corrected chi connectivity index (χ4v) is 2.89. The number of hydrogen-bond donors (Lipinski definition) is 1. The Balaban J connectivity index is 1.81. The molecule has 0 radical (unpaired) electrons. The molecule has 0 bridgehead atoms. The molecule has 1 N–H and O–H groups in total. The molecular weight excluding hydrogens is 337 g/mol. The first-order valence-corrected chi connectivity index (χ1v) is 7.70. The van der Waals surface area contributed by atoms with Crippen molar-refractivity contribution >= 4 is 22.7 Å². The lowest BCUT2D eigenvalue weighted by molar-refractivity contribution is -0.386. The third kappa shape index (κ3) is 3.20. The minimum atomic E-state index is -0.962. The minimum Gasteiger partial charge on any atom is -0.497 e. The van der Waals surface area contributed by atoms with Gasteiger partial charge in [-0.05, 0) is 12.1 Å². The lowest BCUT2D eigenvalue weighted by Gasteiger charge is -2.08. The van der Waals surface area contributed by atoms with Gasteiger partial charge in [0.15, 0.2) is 10.8 Å². The van der Waals surface area contributed by atoms with Crippen molar-refractivity contribution in [2.45, 2.75) is 6.54 Å². The Morgan fingerprint density at radius 3 is 3.00 bits per heavy atom. The summed E-state index contributed by atoms with van der Waals surface area (Å²) in [6.45, 7) is 0.199. The zero-order valence-corrected chi connectivity index (χ0v) is 13.3. The van der Waals surface area contributed by atoms with Gasteiger partial charge in [0.05, 0.1) is 30.5 Å². The van der Waals surface area contributed by atoms with Crippen molar-refractivity contribution in [3.63, 3.8) is 0 Å². The molecule has 9 heteroatoms. The lowest BCUT2D eigenvalue weighted by atomic mass is 10.2. The van der Waals surface area contributed by atoms with E-state index < -0.39 is 16.4 Å². The number of nitro benzene ring substituents is 1. The first-order chi connectivity index (χ1) is 11.6. The summed E-state index contributed by atoms with van der Waals surface area (Å²) in [4.78, 5) is 14.7. The number of furan rings is 1. The Labute approximate surface area is 139 Å². The molecule has 3 aromatic rings. The Kier molecular flexibility index (Phi) is 4.43. The Hall–Kier alpha value is -2.94. The lowest BCUT2D eigenvalue weighted by Crippen LogP contribution is -2.05. The van der Waals surface area contributed by atoms with E-state index in [1.807, 2.05) is 0 Å². The molecule has 7 nitrogen and oxygen atoms in total. The summed E-state index contributed by atoms with van der Waals surface area (Å²) in [5, 5.41) is 16.4. The molecule has 0 saturated carbocycles. The van der Waals surface area contributed by atoms with E-state index in [9.17, 15) is 14.5 Å². The van der Waals surface area contributed by atoms with Crippen LogP contribution in [0.15, 0.2) is 40.3 Å². The van der Waals surface area contributed by atoms with Crippen molar-refractivity contribution in [3.8, 4) is 16.5 Å². The summed E-state index contributed by atoms with van der Waals surface area (Å²) in [5.41, 5.74) is 0.0608. The number of ether oxygens (including phenoxy) is 1. The number of benzene rings is 1. The van der Waals surface area contributed by atoms with Crippen LogP contribution in [-0.2, 0) is 6.54 Å². The molecule has 1 aromatic carbocycles. The Bertz CT molecular complexity index is 864. The Morgan fingerprint density at radius 2 is 2.33 bits per heavy atom. The molecule has 2 aromatic heterocycles. The van der Waals surface area contributed by atoms with Crippen molar-refractivity contribution in [2.24, 2.45) is 0 Å². The van der Waals surface area contributed by atoms with Crippen molar-refractivity contribution in [3.05, 3.63) is 57.5 Å². The largest absolute Gasteiger partial charge is 0.497 e. The summed E-state index contributed by atoms with van der Waals surface area (Å²) in [7, 11) is 1.36. The number of anilines is 1. The highest BCUT2D eigenvalue weighted by molar-refractivity contribution is 7.13. The molecule has 2 heterocycles. The predicted molar refractivity (Wildman–Crippen MR) is 86.7 cm³/mol. The van der Waals surface area contributed by atoms with E-state index in [0.29, 0.717) is 16.5 Å². The Morgan fingerprint density at radius 1 is 1.50 bits per heavy atom. The van der Waals surface area contributed by atoms with E-state index >= 15 is 0 Å². The second kappa shape index (κ2) is 6.67. The van der Waals surface area contributed by atoms with Crippen LogP contribution < -0.4 is 10.1 Å². The maximum Gasteiger partial charge on any atom is 0.327 e. The second-order valence-corrected chi connectivity index (χ2v) is 5.60. The van der Waals surface area contributed by atoms with E-state index in [1.54, 1.807) is 23.8 Å². The average molecular weight is 349 g/mol. The molecule has 0 unspecified atom stereocenters. The molecule has 24 heavy (non-hydrogen) atoms. The number of halogens is 1. The maximum absolute atomic E-state index is 13.9. The van der Waals surface area contributed by atoms with Gasteiger partial charge in [-0.15, -0.1) is 11.3 Å². The number of hydrogen-bond acceptors (Lipinski definition) is 7. The fourth-order valence-electron chi connectivity index (χ4n) is 2.10. The van der Waals surface area contributed by atoms with Crippen LogP contribution in [0.25, 0.3) is 10.8 Å². The number of methoxy groups -OCH3 is 1. The normalized spacial score (nSPS) is 10.6. The molecular formula is C15H12FN3O4S. The van der Waals surface area contributed by atoms with Gasteiger partial charge in [0.1, 0.15) is 11.4 Å². The van der Waals surface area contributed by atoms with Crippen LogP contribution >= 0.6 is 11.3 Å². The van der Waals surface area contributed by atoms with Gasteiger partial charge >= 0.3 is 5.69 Å². The van der Waals surface area contributed by atoms with Crippen molar-refractivity contribution in [1.82, 2.24) is 4.98 Å². The van der Waals surface area contributed by atoms with Crippen LogP contribution in [0.1, 0.15) is 5.69 Å². The number of rotatable bonds is 6. The van der Waals surface area contributed by atoms with E-state index in [2.05, 4.69) is 10.3 Å². The quantitative estimate of drug-likeness (QED) is 0.533. The van der Waals surface area contributed by atoms with Gasteiger partial charge in [-0.3, -0.25) is 10.1 Å². The molecule has 0 amide bonds. The maximum atomic E-state index is 13.9. The predicted octanol–water partition coefficient (Wildman–Crippen LogP) is 4.07. The molecule has 0 aliphatic heterocycles. The van der Waals surface area contributed by atoms with E-state index in [0.717, 1.165) is 6.07 Å². The van der Waals surface area contributed by atoms with Gasteiger partial charge in [0, 0.05) is 17.5 Å². The van der Waals surface area contributed by atoms with Gasteiger partial charge in [-0.2, -0.15) is 4.39 Å². The van der Waals surface area contributed by atoms with Gasteiger partial charge < -0.3 is 14.5 Å². The van der Waals surface area contributed by atoms with Crippen molar-refractivity contribution in [1.29, 1.82) is 0 Å². The highest BCUT2D eigenvalue weighted by atomic mass is 32.1. The van der Waals surface area contributed by atoms with Crippen LogP contribution in [0, 0.1) is 15.9 Å². The number of nitrogens with one attached hydrogen (secondary N) is 1. The molecule has 3 rings (SSSR count).